The number of ether oxygens (including phenoxy) is 1. The van der Waals surface area contributed by atoms with E-state index in [1.165, 1.54) is 12.1 Å². The van der Waals surface area contributed by atoms with Crippen LogP contribution < -0.4 is 10.6 Å². The van der Waals surface area contributed by atoms with Gasteiger partial charge < -0.3 is 20.5 Å². The normalized spacial score (nSPS) is 10.0. The Morgan fingerprint density at radius 1 is 1.12 bits per heavy atom. The summed E-state index contributed by atoms with van der Waals surface area (Å²) in [6, 6.07) is 12.7. The molecule has 2 aromatic carbocycles. The summed E-state index contributed by atoms with van der Waals surface area (Å²) < 4.78 is 5.04. The average molecular weight is 359 g/mol. The van der Waals surface area contributed by atoms with Gasteiger partial charge in [0.1, 0.15) is 6.61 Å². The van der Waals surface area contributed by atoms with E-state index >= 15 is 0 Å². The summed E-state index contributed by atoms with van der Waals surface area (Å²) in [5, 5.41) is 25.2. The second kappa shape index (κ2) is 9.02. The smallest absolute Gasteiger partial charge is 0.407 e. The van der Waals surface area contributed by atoms with Gasteiger partial charge in [0.05, 0.1) is 10.5 Å². The Labute approximate surface area is 148 Å². The molecule has 0 unspecified atom stereocenters. The number of nitro groups is 1. The summed E-state index contributed by atoms with van der Waals surface area (Å²) in [5.41, 5.74) is 0.557. The molecular formula is C17H17N3O6. The first-order valence-electron chi connectivity index (χ1n) is 7.67. The number of rotatable bonds is 8. The summed E-state index contributed by atoms with van der Waals surface area (Å²) in [7, 11) is 0. The molecule has 0 bridgehead atoms. The summed E-state index contributed by atoms with van der Waals surface area (Å²) in [4.78, 5) is 32.8. The van der Waals surface area contributed by atoms with E-state index in [1.807, 2.05) is 30.3 Å². The van der Waals surface area contributed by atoms with Gasteiger partial charge in [0.15, 0.2) is 0 Å². The van der Waals surface area contributed by atoms with Gasteiger partial charge in [-0.2, -0.15) is 0 Å². The molecule has 0 aromatic heterocycles. The summed E-state index contributed by atoms with van der Waals surface area (Å²) >= 11 is 0. The van der Waals surface area contributed by atoms with Crippen molar-refractivity contribution in [3.63, 3.8) is 0 Å². The first-order chi connectivity index (χ1) is 12.5. The highest BCUT2D eigenvalue weighted by Gasteiger charge is 2.15. The monoisotopic (exact) mass is 359 g/mol. The van der Waals surface area contributed by atoms with Crippen LogP contribution in [-0.2, 0) is 11.3 Å². The minimum absolute atomic E-state index is 0.144. The van der Waals surface area contributed by atoms with Crippen LogP contribution in [0.15, 0.2) is 48.5 Å². The molecule has 0 aliphatic heterocycles. The largest absolute Gasteiger partial charge is 0.478 e. The number of nitrogens with one attached hydrogen (secondary N) is 2. The standard InChI is InChI=1S/C17H17N3O6/c21-16(22)14-10-13(20(24)25)6-7-15(14)18-8-9-19-17(23)26-11-12-4-2-1-3-5-12/h1-7,10,18H,8-9,11H2,(H,19,23)(H,21,22). The first kappa shape index (κ1) is 18.7. The molecule has 0 heterocycles. The number of nitro benzene ring substituents is 1. The number of nitrogens with zero attached hydrogens (tertiary/aromatic N) is 1. The zero-order chi connectivity index (χ0) is 18.9. The molecule has 0 aliphatic rings. The molecule has 0 atom stereocenters. The quantitative estimate of drug-likeness (QED) is 0.375. The number of carbonyl (C=O) groups is 2. The van der Waals surface area contributed by atoms with Crippen LogP contribution in [0.3, 0.4) is 0 Å². The van der Waals surface area contributed by atoms with Crippen molar-refractivity contribution in [3.8, 4) is 0 Å². The fraction of sp³-hybridized carbons (Fsp3) is 0.176. The van der Waals surface area contributed by atoms with Gasteiger partial charge in [0, 0.05) is 30.9 Å². The van der Waals surface area contributed by atoms with Crippen molar-refractivity contribution in [1.82, 2.24) is 5.32 Å². The maximum atomic E-state index is 11.6. The van der Waals surface area contributed by atoms with Gasteiger partial charge in [-0.1, -0.05) is 30.3 Å². The number of carbonyl (C=O) groups excluding carboxylic acids is 1. The number of anilines is 1. The molecule has 0 fully saturated rings. The number of amides is 1. The highest BCUT2D eigenvalue weighted by molar-refractivity contribution is 5.95. The molecule has 0 saturated heterocycles. The highest BCUT2D eigenvalue weighted by atomic mass is 16.6. The lowest BCUT2D eigenvalue weighted by atomic mass is 10.1. The minimum Gasteiger partial charge on any atom is -0.478 e. The van der Waals surface area contributed by atoms with E-state index in [4.69, 9.17) is 9.84 Å². The van der Waals surface area contributed by atoms with Crippen LogP contribution in [-0.4, -0.2) is 35.2 Å². The Bertz CT molecular complexity index is 794. The molecule has 0 radical (unpaired) electrons. The Balaban J connectivity index is 1.79. The molecule has 2 aromatic rings. The van der Waals surface area contributed by atoms with E-state index < -0.39 is 17.0 Å². The van der Waals surface area contributed by atoms with Crippen molar-refractivity contribution in [1.29, 1.82) is 0 Å². The molecule has 9 heteroatoms. The lowest BCUT2D eigenvalue weighted by molar-refractivity contribution is -0.384. The van der Waals surface area contributed by atoms with Crippen molar-refractivity contribution in [3.05, 3.63) is 69.8 Å². The third-order valence-corrected chi connectivity index (χ3v) is 3.37. The lowest BCUT2D eigenvalue weighted by Crippen LogP contribution is -2.29. The highest BCUT2D eigenvalue weighted by Crippen LogP contribution is 2.21. The third kappa shape index (κ3) is 5.48. The second-order valence-corrected chi connectivity index (χ2v) is 5.21. The van der Waals surface area contributed by atoms with E-state index in [0.29, 0.717) is 0 Å². The number of hydrogen-bond donors (Lipinski definition) is 3. The van der Waals surface area contributed by atoms with Gasteiger partial charge in [0.2, 0.25) is 0 Å². The maximum absolute atomic E-state index is 11.6. The van der Waals surface area contributed by atoms with Crippen molar-refractivity contribution in [2.24, 2.45) is 0 Å². The van der Waals surface area contributed by atoms with Crippen LogP contribution in [0.4, 0.5) is 16.2 Å². The molecule has 3 N–H and O–H groups in total. The van der Waals surface area contributed by atoms with E-state index in [2.05, 4.69) is 10.6 Å². The van der Waals surface area contributed by atoms with Crippen LogP contribution >= 0.6 is 0 Å². The van der Waals surface area contributed by atoms with E-state index in [0.717, 1.165) is 11.6 Å². The summed E-state index contributed by atoms with van der Waals surface area (Å²) in [6.45, 7) is 0.549. The van der Waals surface area contributed by atoms with Crippen molar-refractivity contribution in [2.45, 2.75) is 6.61 Å². The topological polar surface area (TPSA) is 131 Å². The molecule has 136 valence electrons. The number of non-ortho nitro benzene ring substituents is 1. The molecule has 26 heavy (non-hydrogen) atoms. The van der Waals surface area contributed by atoms with Gasteiger partial charge in [-0.3, -0.25) is 10.1 Å². The predicted molar refractivity (Wildman–Crippen MR) is 93.2 cm³/mol. The van der Waals surface area contributed by atoms with E-state index in [9.17, 15) is 19.7 Å². The van der Waals surface area contributed by atoms with Crippen molar-refractivity contribution in [2.75, 3.05) is 18.4 Å². The second-order valence-electron chi connectivity index (χ2n) is 5.21. The summed E-state index contributed by atoms with van der Waals surface area (Å²) in [6.07, 6.45) is -0.599. The van der Waals surface area contributed by atoms with Crippen LogP contribution in [0.5, 0.6) is 0 Å². The fourth-order valence-electron chi connectivity index (χ4n) is 2.11. The number of benzene rings is 2. The van der Waals surface area contributed by atoms with Crippen molar-refractivity contribution < 1.29 is 24.4 Å². The van der Waals surface area contributed by atoms with Crippen LogP contribution in [0, 0.1) is 10.1 Å². The summed E-state index contributed by atoms with van der Waals surface area (Å²) in [5.74, 6) is -1.29. The Kier molecular flexibility index (Phi) is 6.49. The van der Waals surface area contributed by atoms with Crippen LogP contribution in [0.25, 0.3) is 0 Å². The predicted octanol–water partition coefficient (Wildman–Crippen LogP) is 2.63. The minimum atomic E-state index is -1.29. The zero-order valence-corrected chi connectivity index (χ0v) is 13.7. The molecule has 0 aliphatic carbocycles. The number of hydrogen-bond acceptors (Lipinski definition) is 6. The number of carboxylic acids is 1. The van der Waals surface area contributed by atoms with Gasteiger partial charge >= 0.3 is 12.1 Å². The lowest BCUT2D eigenvalue weighted by Gasteiger charge is -2.10. The number of carboxylic acid groups (broad SMARTS) is 1. The van der Waals surface area contributed by atoms with E-state index in [-0.39, 0.29) is 36.6 Å². The van der Waals surface area contributed by atoms with Crippen LogP contribution in [0.1, 0.15) is 15.9 Å². The number of aromatic carboxylic acids is 1. The fourth-order valence-corrected chi connectivity index (χ4v) is 2.11. The van der Waals surface area contributed by atoms with Crippen LogP contribution in [0.2, 0.25) is 0 Å². The zero-order valence-electron chi connectivity index (χ0n) is 13.7. The molecule has 1 amide bonds. The van der Waals surface area contributed by atoms with Gasteiger partial charge in [-0.05, 0) is 11.6 Å². The molecule has 9 nitrogen and oxygen atoms in total. The van der Waals surface area contributed by atoms with Gasteiger partial charge in [0.25, 0.3) is 5.69 Å². The van der Waals surface area contributed by atoms with Gasteiger partial charge in [-0.25, -0.2) is 9.59 Å². The Morgan fingerprint density at radius 2 is 1.85 bits per heavy atom. The molecule has 0 spiro atoms. The molecule has 2 rings (SSSR count). The van der Waals surface area contributed by atoms with Crippen molar-refractivity contribution >= 4 is 23.4 Å². The molecule has 0 saturated carbocycles. The first-order valence-corrected chi connectivity index (χ1v) is 7.67. The Hall–Kier alpha value is -3.62. The SMILES string of the molecule is O=C(NCCNc1ccc([N+](=O)[O-])cc1C(=O)O)OCc1ccccc1. The maximum Gasteiger partial charge on any atom is 0.407 e. The third-order valence-electron chi connectivity index (χ3n) is 3.37. The molecular weight excluding hydrogens is 342 g/mol. The number of alkyl carbamates (subject to hydrolysis) is 1. The van der Waals surface area contributed by atoms with E-state index in [1.54, 1.807) is 0 Å². The van der Waals surface area contributed by atoms with Gasteiger partial charge in [-0.15, -0.1) is 0 Å². The Morgan fingerprint density at radius 3 is 2.50 bits per heavy atom. The average Bonchev–Trinajstić information content (AvgIpc) is 2.64.